The normalized spacial score (nSPS) is 14.7. The Labute approximate surface area is 175 Å². The van der Waals surface area contributed by atoms with E-state index in [1.165, 1.54) is 12.1 Å². The van der Waals surface area contributed by atoms with Crippen LogP contribution in [0.3, 0.4) is 0 Å². The fourth-order valence-electron chi connectivity index (χ4n) is 3.34. The number of hydrogen-bond acceptors (Lipinski definition) is 4. The topological polar surface area (TPSA) is 64.6 Å². The lowest BCUT2D eigenvalue weighted by atomic mass is 9.99. The van der Waals surface area contributed by atoms with Gasteiger partial charge in [0.2, 0.25) is 10.0 Å². The molecule has 0 fully saturated rings. The van der Waals surface area contributed by atoms with Crippen molar-refractivity contribution in [3.63, 3.8) is 0 Å². The highest BCUT2D eigenvalue weighted by molar-refractivity contribution is 7.89. The fraction of sp³-hybridized carbons (Fsp3) is 0.217. The summed E-state index contributed by atoms with van der Waals surface area (Å²) in [5.41, 5.74) is 1.74. The van der Waals surface area contributed by atoms with Gasteiger partial charge in [0, 0.05) is 6.42 Å². The van der Waals surface area contributed by atoms with Gasteiger partial charge in [-0.05, 0) is 53.9 Å². The maximum Gasteiger partial charge on any atom is 0.241 e. The van der Waals surface area contributed by atoms with Crippen LogP contribution in [0.2, 0.25) is 0 Å². The van der Waals surface area contributed by atoms with E-state index < -0.39 is 21.9 Å². The molecule has 0 aromatic heterocycles. The average molecular weight is 427 g/mol. The number of ether oxygens (including phenoxy) is 2. The second-order valence-corrected chi connectivity index (χ2v) is 8.79. The van der Waals surface area contributed by atoms with Gasteiger partial charge in [-0.25, -0.2) is 17.5 Å². The molecular formula is C23H22FNO4S. The fourth-order valence-corrected chi connectivity index (χ4v) is 4.57. The Morgan fingerprint density at radius 3 is 2.33 bits per heavy atom. The quantitative estimate of drug-likeness (QED) is 0.639. The second kappa shape index (κ2) is 8.85. The molecule has 5 nitrogen and oxygen atoms in total. The SMILES string of the molecule is O=S(=O)(NC(Cc1ccccc1)c1ccc2c(c1)OCCCO2)c1ccc(F)cc1. The summed E-state index contributed by atoms with van der Waals surface area (Å²) in [4.78, 5) is 0.0105. The molecule has 1 atom stereocenters. The molecule has 4 rings (SSSR count). The minimum absolute atomic E-state index is 0.0105. The number of nitrogens with one attached hydrogen (secondary N) is 1. The average Bonchev–Trinajstić information content (AvgIpc) is 2.99. The van der Waals surface area contributed by atoms with Gasteiger partial charge < -0.3 is 9.47 Å². The Morgan fingerprint density at radius 1 is 0.900 bits per heavy atom. The van der Waals surface area contributed by atoms with Crippen LogP contribution in [0.5, 0.6) is 11.5 Å². The molecule has 1 heterocycles. The summed E-state index contributed by atoms with van der Waals surface area (Å²) in [6, 6.07) is 19.3. The summed E-state index contributed by atoms with van der Waals surface area (Å²) in [5.74, 6) is 0.762. The number of fused-ring (bicyclic) bond motifs is 1. The number of halogens is 1. The van der Waals surface area contributed by atoms with Gasteiger partial charge in [0.1, 0.15) is 5.82 Å². The highest BCUT2D eigenvalue weighted by atomic mass is 32.2. The number of benzene rings is 3. The van der Waals surface area contributed by atoms with Crippen molar-refractivity contribution in [2.45, 2.75) is 23.8 Å². The molecule has 1 unspecified atom stereocenters. The van der Waals surface area contributed by atoms with Gasteiger partial charge in [0.15, 0.2) is 11.5 Å². The Morgan fingerprint density at radius 2 is 1.60 bits per heavy atom. The molecule has 3 aromatic carbocycles. The number of hydrogen-bond donors (Lipinski definition) is 1. The first-order chi connectivity index (χ1) is 14.5. The molecule has 0 amide bonds. The highest BCUT2D eigenvalue weighted by Crippen LogP contribution is 2.33. The zero-order valence-electron chi connectivity index (χ0n) is 16.3. The summed E-state index contributed by atoms with van der Waals surface area (Å²) in [6.07, 6.45) is 1.23. The monoisotopic (exact) mass is 427 g/mol. The molecule has 3 aromatic rings. The molecule has 156 valence electrons. The van der Waals surface area contributed by atoms with Gasteiger partial charge in [0.25, 0.3) is 0 Å². The van der Waals surface area contributed by atoms with Crippen LogP contribution in [-0.4, -0.2) is 21.6 Å². The highest BCUT2D eigenvalue weighted by Gasteiger charge is 2.23. The Balaban J connectivity index is 1.68. The van der Waals surface area contributed by atoms with E-state index in [0.29, 0.717) is 31.1 Å². The second-order valence-electron chi connectivity index (χ2n) is 7.07. The third kappa shape index (κ3) is 4.80. The van der Waals surface area contributed by atoms with Crippen LogP contribution >= 0.6 is 0 Å². The van der Waals surface area contributed by atoms with Crippen LogP contribution in [0.15, 0.2) is 77.7 Å². The van der Waals surface area contributed by atoms with Crippen molar-refractivity contribution in [2.75, 3.05) is 13.2 Å². The maximum absolute atomic E-state index is 13.2. The van der Waals surface area contributed by atoms with Gasteiger partial charge in [-0.3, -0.25) is 0 Å². The molecule has 0 aliphatic carbocycles. The lowest BCUT2D eigenvalue weighted by Crippen LogP contribution is -2.30. The van der Waals surface area contributed by atoms with Crippen molar-refractivity contribution in [3.05, 3.63) is 89.7 Å². The van der Waals surface area contributed by atoms with Crippen molar-refractivity contribution in [3.8, 4) is 11.5 Å². The molecule has 30 heavy (non-hydrogen) atoms. The molecule has 7 heteroatoms. The molecule has 0 bridgehead atoms. The van der Waals surface area contributed by atoms with E-state index in [9.17, 15) is 12.8 Å². The van der Waals surface area contributed by atoms with Crippen molar-refractivity contribution in [1.29, 1.82) is 0 Å². The van der Waals surface area contributed by atoms with E-state index in [2.05, 4.69) is 4.72 Å². The van der Waals surface area contributed by atoms with Gasteiger partial charge in [-0.2, -0.15) is 0 Å². The first-order valence-corrected chi connectivity index (χ1v) is 11.2. The Hall–Kier alpha value is -2.90. The van der Waals surface area contributed by atoms with Crippen LogP contribution in [-0.2, 0) is 16.4 Å². The Bertz CT molecular complexity index is 1100. The lowest BCUT2D eigenvalue weighted by Gasteiger charge is -2.21. The van der Waals surface area contributed by atoms with Crippen molar-refractivity contribution < 1.29 is 22.3 Å². The standard InChI is InChI=1S/C23H22FNO4S/c24-19-8-10-20(11-9-19)30(26,27)25-21(15-17-5-2-1-3-6-17)18-7-12-22-23(16-18)29-14-4-13-28-22/h1-3,5-12,16,21,25H,4,13-15H2. The van der Waals surface area contributed by atoms with E-state index in [4.69, 9.17) is 9.47 Å². The van der Waals surface area contributed by atoms with Crippen LogP contribution in [0, 0.1) is 5.82 Å². The van der Waals surface area contributed by atoms with Gasteiger partial charge in [-0.1, -0.05) is 36.4 Å². The van der Waals surface area contributed by atoms with Gasteiger partial charge in [0.05, 0.1) is 24.2 Å². The van der Waals surface area contributed by atoms with E-state index in [1.807, 2.05) is 42.5 Å². The minimum Gasteiger partial charge on any atom is -0.490 e. The molecule has 1 aliphatic rings. The maximum atomic E-state index is 13.2. The first-order valence-electron chi connectivity index (χ1n) is 9.73. The molecule has 1 aliphatic heterocycles. The molecule has 0 radical (unpaired) electrons. The number of rotatable bonds is 6. The van der Waals surface area contributed by atoms with Crippen LogP contribution in [0.25, 0.3) is 0 Å². The smallest absolute Gasteiger partial charge is 0.241 e. The van der Waals surface area contributed by atoms with Gasteiger partial charge in [-0.15, -0.1) is 0 Å². The molecule has 0 spiro atoms. The summed E-state index contributed by atoms with van der Waals surface area (Å²) < 4.78 is 53.4. The van der Waals surface area contributed by atoms with Crippen molar-refractivity contribution >= 4 is 10.0 Å². The summed E-state index contributed by atoms with van der Waals surface area (Å²) >= 11 is 0. The minimum atomic E-state index is -3.86. The van der Waals surface area contributed by atoms with Crippen LogP contribution in [0.4, 0.5) is 4.39 Å². The van der Waals surface area contributed by atoms with Crippen molar-refractivity contribution in [2.24, 2.45) is 0 Å². The molecule has 0 saturated carbocycles. The Kier molecular flexibility index (Phi) is 6.01. The van der Waals surface area contributed by atoms with Gasteiger partial charge >= 0.3 is 0 Å². The largest absolute Gasteiger partial charge is 0.490 e. The van der Waals surface area contributed by atoms with Crippen molar-refractivity contribution in [1.82, 2.24) is 4.72 Å². The zero-order valence-corrected chi connectivity index (χ0v) is 17.1. The van der Waals surface area contributed by atoms with E-state index in [1.54, 1.807) is 6.07 Å². The van der Waals surface area contributed by atoms with E-state index in [-0.39, 0.29) is 4.90 Å². The first kappa shape index (κ1) is 20.4. The lowest BCUT2D eigenvalue weighted by molar-refractivity contribution is 0.297. The van der Waals surface area contributed by atoms with Crippen LogP contribution < -0.4 is 14.2 Å². The zero-order chi connectivity index (χ0) is 21.0. The predicted octanol–water partition coefficient (Wildman–Crippen LogP) is 4.25. The summed E-state index contributed by atoms with van der Waals surface area (Å²) in [7, 11) is -3.86. The van der Waals surface area contributed by atoms with Crippen LogP contribution in [0.1, 0.15) is 23.6 Å². The predicted molar refractivity (Wildman–Crippen MR) is 112 cm³/mol. The third-order valence-electron chi connectivity index (χ3n) is 4.88. The van der Waals surface area contributed by atoms with E-state index in [0.717, 1.165) is 29.7 Å². The van der Waals surface area contributed by atoms with E-state index >= 15 is 0 Å². The summed E-state index contributed by atoms with van der Waals surface area (Å²) in [5, 5.41) is 0. The number of sulfonamides is 1. The third-order valence-corrected chi connectivity index (χ3v) is 6.37. The molecule has 1 N–H and O–H groups in total. The molecule has 0 saturated heterocycles. The molecular weight excluding hydrogens is 405 g/mol. The summed E-state index contributed by atoms with van der Waals surface area (Å²) in [6.45, 7) is 1.12.